The second-order valence-corrected chi connectivity index (χ2v) is 6.06. The molecule has 0 saturated carbocycles. The fourth-order valence-corrected chi connectivity index (χ4v) is 2.30. The van der Waals surface area contributed by atoms with Gasteiger partial charge in [-0.3, -0.25) is 0 Å². The van der Waals surface area contributed by atoms with E-state index in [-0.39, 0.29) is 0 Å². The standard InChI is InChI=1S/C25H26O2/c1-20(8-10-22-12-16-24(26-3)17-13-22)6-5-7-21(2)9-11-23-14-18-25(27-4)19-15-23/h5-19H,1H2,2-4H3/b6-5-,10-8+,11-9+,21-7+. The first-order chi connectivity index (χ1) is 13.1. The first-order valence-electron chi connectivity index (χ1n) is 8.79. The van der Waals surface area contributed by atoms with Crippen molar-refractivity contribution in [3.63, 3.8) is 0 Å². The van der Waals surface area contributed by atoms with Gasteiger partial charge in [0.05, 0.1) is 14.2 Å². The fourth-order valence-electron chi connectivity index (χ4n) is 2.30. The highest BCUT2D eigenvalue weighted by atomic mass is 16.5. The second kappa shape index (κ2) is 10.7. The average molecular weight is 358 g/mol. The zero-order valence-electron chi connectivity index (χ0n) is 16.2. The van der Waals surface area contributed by atoms with E-state index < -0.39 is 0 Å². The van der Waals surface area contributed by atoms with Gasteiger partial charge in [-0.15, -0.1) is 0 Å². The quantitative estimate of drug-likeness (QED) is 0.502. The average Bonchev–Trinajstić information content (AvgIpc) is 2.71. The number of rotatable bonds is 8. The summed E-state index contributed by atoms with van der Waals surface area (Å²) in [6.07, 6.45) is 14.3. The molecule has 2 aromatic rings. The highest BCUT2D eigenvalue weighted by Crippen LogP contribution is 2.14. The van der Waals surface area contributed by atoms with Crippen molar-refractivity contribution < 1.29 is 9.47 Å². The Labute approximate surface area is 162 Å². The van der Waals surface area contributed by atoms with Crippen LogP contribution in [0.5, 0.6) is 11.5 Å². The van der Waals surface area contributed by atoms with E-state index in [9.17, 15) is 0 Å². The molecule has 0 amide bonds. The van der Waals surface area contributed by atoms with Gasteiger partial charge < -0.3 is 9.47 Å². The number of hydrogen-bond donors (Lipinski definition) is 0. The highest BCUT2D eigenvalue weighted by molar-refractivity contribution is 5.56. The minimum atomic E-state index is 0.856. The van der Waals surface area contributed by atoms with Crippen LogP contribution < -0.4 is 9.47 Å². The summed E-state index contributed by atoms with van der Waals surface area (Å²) >= 11 is 0. The van der Waals surface area contributed by atoms with Crippen molar-refractivity contribution in [2.45, 2.75) is 6.92 Å². The monoisotopic (exact) mass is 358 g/mol. The Morgan fingerprint density at radius 1 is 0.741 bits per heavy atom. The summed E-state index contributed by atoms with van der Waals surface area (Å²) in [5.41, 5.74) is 4.35. The first-order valence-corrected chi connectivity index (χ1v) is 8.79. The zero-order valence-corrected chi connectivity index (χ0v) is 16.2. The number of methoxy groups -OCH3 is 2. The van der Waals surface area contributed by atoms with Crippen LogP contribution in [0.2, 0.25) is 0 Å². The molecule has 2 heteroatoms. The number of benzene rings is 2. The fraction of sp³-hybridized carbons (Fsp3) is 0.120. The molecule has 0 aliphatic carbocycles. The van der Waals surface area contributed by atoms with E-state index in [1.807, 2.05) is 72.8 Å². The minimum absolute atomic E-state index is 0.856. The smallest absolute Gasteiger partial charge is 0.118 e. The van der Waals surface area contributed by atoms with Crippen LogP contribution in [-0.2, 0) is 0 Å². The van der Waals surface area contributed by atoms with Gasteiger partial charge >= 0.3 is 0 Å². The van der Waals surface area contributed by atoms with Gasteiger partial charge in [-0.2, -0.15) is 0 Å². The summed E-state index contributed by atoms with van der Waals surface area (Å²) in [5.74, 6) is 1.72. The normalized spacial score (nSPS) is 12.2. The Balaban J connectivity index is 1.88. The molecular weight excluding hydrogens is 332 g/mol. The van der Waals surface area contributed by atoms with Gasteiger partial charge in [0.25, 0.3) is 0 Å². The van der Waals surface area contributed by atoms with Gasteiger partial charge in [-0.05, 0) is 47.9 Å². The summed E-state index contributed by atoms with van der Waals surface area (Å²) in [6.45, 7) is 6.12. The Morgan fingerprint density at radius 2 is 1.22 bits per heavy atom. The molecule has 0 spiro atoms. The lowest BCUT2D eigenvalue weighted by Crippen LogP contribution is -1.81. The van der Waals surface area contributed by atoms with E-state index in [1.54, 1.807) is 14.2 Å². The molecule has 2 aromatic carbocycles. The molecule has 0 heterocycles. The van der Waals surface area contributed by atoms with Crippen LogP contribution in [0.15, 0.2) is 96.6 Å². The number of hydrogen-bond acceptors (Lipinski definition) is 2. The third-order valence-electron chi connectivity index (χ3n) is 3.93. The number of allylic oxidation sites excluding steroid dienone is 7. The summed E-state index contributed by atoms with van der Waals surface area (Å²) in [4.78, 5) is 0. The Hall–Kier alpha value is -3.26. The van der Waals surface area contributed by atoms with E-state index in [4.69, 9.17) is 9.47 Å². The van der Waals surface area contributed by atoms with Crippen molar-refractivity contribution in [3.8, 4) is 11.5 Å². The molecule has 0 unspecified atom stereocenters. The van der Waals surface area contributed by atoms with E-state index >= 15 is 0 Å². The van der Waals surface area contributed by atoms with Gasteiger partial charge in [0.1, 0.15) is 11.5 Å². The van der Waals surface area contributed by atoms with Gasteiger partial charge in [-0.25, -0.2) is 0 Å². The van der Waals surface area contributed by atoms with E-state index in [0.29, 0.717) is 0 Å². The largest absolute Gasteiger partial charge is 0.497 e. The molecule has 0 aliphatic rings. The van der Waals surface area contributed by atoms with Crippen LogP contribution in [0.25, 0.3) is 12.2 Å². The van der Waals surface area contributed by atoms with Crippen molar-refractivity contribution in [2.75, 3.05) is 14.2 Å². The van der Waals surface area contributed by atoms with Crippen molar-refractivity contribution in [1.82, 2.24) is 0 Å². The minimum Gasteiger partial charge on any atom is -0.497 e. The molecule has 0 aliphatic heterocycles. The summed E-state index contributed by atoms with van der Waals surface area (Å²) < 4.78 is 10.3. The maximum atomic E-state index is 5.16. The van der Waals surface area contributed by atoms with E-state index in [1.165, 1.54) is 0 Å². The molecule has 0 atom stereocenters. The van der Waals surface area contributed by atoms with Crippen molar-refractivity contribution in [2.24, 2.45) is 0 Å². The van der Waals surface area contributed by atoms with Crippen molar-refractivity contribution in [3.05, 3.63) is 108 Å². The Kier molecular flexibility index (Phi) is 7.92. The van der Waals surface area contributed by atoms with E-state index in [0.717, 1.165) is 33.8 Å². The summed E-state index contributed by atoms with van der Waals surface area (Å²) in [7, 11) is 3.34. The van der Waals surface area contributed by atoms with Gasteiger partial charge in [0.15, 0.2) is 0 Å². The van der Waals surface area contributed by atoms with Gasteiger partial charge in [0.2, 0.25) is 0 Å². The topological polar surface area (TPSA) is 18.5 Å². The summed E-state index contributed by atoms with van der Waals surface area (Å²) in [6, 6.07) is 15.9. The molecule has 0 fully saturated rings. The van der Waals surface area contributed by atoms with Crippen molar-refractivity contribution in [1.29, 1.82) is 0 Å². The molecule has 0 saturated heterocycles. The first kappa shape index (κ1) is 20.1. The van der Waals surface area contributed by atoms with Crippen molar-refractivity contribution >= 4 is 12.2 Å². The lowest BCUT2D eigenvalue weighted by atomic mass is 10.1. The van der Waals surface area contributed by atoms with Crippen LogP contribution in [0, 0.1) is 0 Å². The molecular formula is C25H26O2. The predicted molar refractivity (Wildman–Crippen MR) is 116 cm³/mol. The molecule has 0 radical (unpaired) electrons. The lowest BCUT2D eigenvalue weighted by molar-refractivity contribution is 0.414. The Morgan fingerprint density at radius 3 is 1.70 bits per heavy atom. The third-order valence-corrected chi connectivity index (χ3v) is 3.93. The molecule has 0 N–H and O–H groups in total. The second-order valence-electron chi connectivity index (χ2n) is 6.06. The van der Waals surface area contributed by atoms with Crippen LogP contribution >= 0.6 is 0 Å². The maximum absolute atomic E-state index is 5.16. The lowest BCUT2D eigenvalue weighted by Gasteiger charge is -1.99. The highest BCUT2D eigenvalue weighted by Gasteiger charge is 1.91. The molecule has 0 aromatic heterocycles. The van der Waals surface area contributed by atoms with Gasteiger partial charge in [0, 0.05) is 0 Å². The third kappa shape index (κ3) is 7.25. The molecule has 2 nitrogen and oxygen atoms in total. The molecule has 0 bridgehead atoms. The van der Waals surface area contributed by atoms with Crippen LogP contribution in [0.3, 0.4) is 0 Å². The maximum Gasteiger partial charge on any atom is 0.118 e. The van der Waals surface area contributed by atoms with Crippen LogP contribution in [0.1, 0.15) is 18.1 Å². The molecule has 2 rings (SSSR count). The summed E-state index contributed by atoms with van der Waals surface area (Å²) in [5, 5.41) is 0. The molecule has 27 heavy (non-hydrogen) atoms. The van der Waals surface area contributed by atoms with Gasteiger partial charge in [-0.1, -0.05) is 78.9 Å². The SMILES string of the molecule is C=C(\C=C/C=C(C)/C=C/c1ccc(OC)cc1)/C=C/c1ccc(OC)cc1. The van der Waals surface area contributed by atoms with E-state index in [2.05, 4.69) is 31.7 Å². The predicted octanol–water partition coefficient (Wildman–Crippen LogP) is 6.49. The number of ether oxygens (including phenoxy) is 2. The Bertz CT molecular complexity index is 848. The van der Waals surface area contributed by atoms with Crippen LogP contribution in [0.4, 0.5) is 0 Å². The molecule has 138 valence electrons. The zero-order chi connectivity index (χ0) is 19.5. The van der Waals surface area contributed by atoms with Crippen LogP contribution in [-0.4, -0.2) is 14.2 Å².